The lowest BCUT2D eigenvalue weighted by molar-refractivity contribution is 0.356. The molecule has 0 spiro atoms. The molecule has 1 aromatic carbocycles. The molecule has 0 aliphatic heterocycles. The molecule has 82 valence electrons. The molecule has 0 unspecified atom stereocenters. The lowest BCUT2D eigenvalue weighted by Crippen LogP contribution is -2.09. The minimum absolute atomic E-state index is 0.404. The molecule has 0 saturated heterocycles. The second kappa shape index (κ2) is 5.19. The van der Waals surface area contributed by atoms with Gasteiger partial charge in [-0.15, -0.1) is 0 Å². The second-order valence-corrected chi connectivity index (χ2v) is 5.65. The number of benzene rings is 1. The van der Waals surface area contributed by atoms with Gasteiger partial charge in [-0.3, -0.25) is 0 Å². The third-order valence-corrected chi connectivity index (χ3v) is 4.32. The number of halogens is 1. The van der Waals surface area contributed by atoms with Crippen molar-refractivity contribution in [2.75, 3.05) is 0 Å². The summed E-state index contributed by atoms with van der Waals surface area (Å²) in [6, 6.07) is 5.70. The average molecular weight is 316 g/mol. The topological polar surface area (TPSA) is 20.2 Å². The van der Waals surface area contributed by atoms with Gasteiger partial charge in [-0.05, 0) is 58.7 Å². The van der Waals surface area contributed by atoms with Gasteiger partial charge in [0.15, 0.2) is 0 Å². The second-order valence-electron chi connectivity index (χ2n) is 4.48. The Morgan fingerprint density at radius 1 is 1.20 bits per heavy atom. The maximum absolute atomic E-state index is 9.46. The van der Waals surface area contributed by atoms with Crippen molar-refractivity contribution >= 4 is 22.6 Å². The van der Waals surface area contributed by atoms with Crippen LogP contribution in [0.2, 0.25) is 0 Å². The summed E-state index contributed by atoms with van der Waals surface area (Å²) in [5.74, 6) is 1.25. The summed E-state index contributed by atoms with van der Waals surface area (Å²) in [5, 5.41) is 9.46. The molecule has 1 nitrogen and oxygen atoms in total. The molecule has 2 rings (SSSR count). The fourth-order valence-corrected chi connectivity index (χ4v) is 2.98. The Balaban J connectivity index is 2.05. The van der Waals surface area contributed by atoms with Crippen molar-refractivity contribution in [2.24, 2.45) is 5.92 Å². The number of rotatable bonds is 2. The first-order valence-corrected chi connectivity index (χ1v) is 6.81. The summed E-state index contributed by atoms with van der Waals surface area (Å²) in [6.07, 6.45) is 8.07. The van der Waals surface area contributed by atoms with Gasteiger partial charge in [0.1, 0.15) is 5.75 Å². The van der Waals surface area contributed by atoms with Crippen LogP contribution in [0.25, 0.3) is 0 Å². The van der Waals surface area contributed by atoms with E-state index in [4.69, 9.17) is 0 Å². The smallest absolute Gasteiger partial charge is 0.115 e. The lowest BCUT2D eigenvalue weighted by atomic mass is 9.85. The van der Waals surface area contributed by atoms with Gasteiger partial charge in [-0.25, -0.2) is 0 Å². The molecule has 0 bridgehead atoms. The van der Waals surface area contributed by atoms with E-state index in [1.807, 2.05) is 12.1 Å². The molecule has 1 saturated carbocycles. The van der Waals surface area contributed by atoms with E-state index < -0.39 is 0 Å². The van der Waals surface area contributed by atoms with E-state index in [2.05, 4.69) is 22.6 Å². The summed E-state index contributed by atoms with van der Waals surface area (Å²) in [4.78, 5) is 0. The van der Waals surface area contributed by atoms with Crippen LogP contribution in [0.15, 0.2) is 18.2 Å². The molecule has 1 aliphatic carbocycles. The largest absolute Gasteiger partial charge is 0.508 e. The highest BCUT2D eigenvalue weighted by atomic mass is 127. The normalized spacial score (nSPS) is 17.9. The summed E-state index contributed by atoms with van der Waals surface area (Å²) >= 11 is 2.36. The van der Waals surface area contributed by atoms with Gasteiger partial charge in [0.25, 0.3) is 0 Å². The molecule has 0 heterocycles. The fraction of sp³-hybridized carbons (Fsp3) is 0.538. The van der Waals surface area contributed by atoms with Gasteiger partial charge < -0.3 is 5.11 Å². The van der Waals surface area contributed by atoms with Crippen LogP contribution < -0.4 is 0 Å². The van der Waals surface area contributed by atoms with E-state index >= 15 is 0 Å². The van der Waals surface area contributed by atoms with E-state index in [0.29, 0.717) is 5.75 Å². The Morgan fingerprint density at radius 2 is 1.93 bits per heavy atom. The third kappa shape index (κ3) is 3.10. The van der Waals surface area contributed by atoms with Gasteiger partial charge in [-0.2, -0.15) is 0 Å². The van der Waals surface area contributed by atoms with Crippen molar-refractivity contribution in [3.05, 3.63) is 27.3 Å². The van der Waals surface area contributed by atoms with Gasteiger partial charge in [0.2, 0.25) is 0 Å². The molecule has 0 radical (unpaired) electrons. The van der Waals surface area contributed by atoms with Gasteiger partial charge in [0.05, 0.1) is 0 Å². The molecule has 0 amide bonds. The predicted octanol–water partition coefficient (Wildman–Crippen LogP) is 4.12. The molecule has 1 fully saturated rings. The minimum Gasteiger partial charge on any atom is -0.508 e. The van der Waals surface area contributed by atoms with E-state index in [0.717, 1.165) is 12.3 Å². The Labute approximate surface area is 105 Å². The molecule has 2 heteroatoms. The Bertz CT molecular complexity index is 329. The fourth-order valence-electron chi connectivity index (χ4n) is 2.42. The molecule has 15 heavy (non-hydrogen) atoms. The highest BCUT2D eigenvalue weighted by Gasteiger charge is 2.15. The van der Waals surface area contributed by atoms with Crippen LogP contribution in [0.3, 0.4) is 0 Å². The third-order valence-electron chi connectivity index (χ3n) is 3.26. The number of hydrogen-bond acceptors (Lipinski definition) is 1. The predicted molar refractivity (Wildman–Crippen MR) is 71.1 cm³/mol. The van der Waals surface area contributed by atoms with E-state index in [1.54, 1.807) is 6.07 Å². The van der Waals surface area contributed by atoms with Gasteiger partial charge in [-0.1, -0.05) is 32.1 Å². The number of aromatic hydroxyl groups is 1. The highest BCUT2D eigenvalue weighted by molar-refractivity contribution is 14.1. The van der Waals surface area contributed by atoms with Gasteiger partial charge in [0, 0.05) is 3.57 Å². The van der Waals surface area contributed by atoms with Crippen LogP contribution in [-0.4, -0.2) is 5.11 Å². The highest BCUT2D eigenvalue weighted by Crippen LogP contribution is 2.29. The Hall–Kier alpha value is -0.250. The van der Waals surface area contributed by atoms with Crippen molar-refractivity contribution in [3.8, 4) is 5.75 Å². The standard InChI is InChI=1S/C13H17IO/c14-13-7-6-12(15)9-11(13)8-10-4-2-1-3-5-10/h6-7,9-10,15H,1-5,8H2. The SMILES string of the molecule is Oc1ccc(I)c(CC2CCCCC2)c1. The summed E-state index contributed by atoms with van der Waals surface area (Å²) < 4.78 is 1.29. The molecule has 1 N–H and O–H groups in total. The van der Waals surface area contributed by atoms with Crippen LogP contribution >= 0.6 is 22.6 Å². The minimum atomic E-state index is 0.404. The molecule has 1 aliphatic rings. The van der Waals surface area contributed by atoms with Crippen molar-refractivity contribution in [1.82, 2.24) is 0 Å². The molecule has 0 aromatic heterocycles. The number of phenols is 1. The van der Waals surface area contributed by atoms with Crippen LogP contribution in [0, 0.1) is 9.49 Å². The first kappa shape index (κ1) is 11.2. The zero-order chi connectivity index (χ0) is 10.7. The number of phenolic OH excluding ortho intramolecular Hbond substituents is 1. The van der Waals surface area contributed by atoms with Crippen LogP contribution in [0.5, 0.6) is 5.75 Å². The zero-order valence-corrected chi connectivity index (χ0v) is 11.0. The maximum Gasteiger partial charge on any atom is 0.115 e. The Kier molecular flexibility index (Phi) is 3.89. The van der Waals surface area contributed by atoms with E-state index in [-0.39, 0.29) is 0 Å². The molecule has 1 aromatic rings. The molecular weight excluding hydrogens is 299 g/mol. The molecular formula is C13H17IO. The van der Waals surface area contributed by atoms with Crippen LogP contribution in [-0.2, 0) is 6.42 Å². The maximum atomic E-state index is 9.46. The first-order valence-electron chi connectivity index (χ1n) is 5.73. The van der Waals surface area contributed by atoms with E-state index in [1.165, 1.54) is 41.2 Å². The lowest BCUT2D eigenvalue weighted by Gasteiger charge is -2.22. The molecule has 0 atom stereocenters. The van der Waals surface area contributed by atoms with Crippen molar-refractivity contribution in [1.29, 1.82) is 0 Å². The van der Waals surface area contributed by atoms with Crippen LogP contribution in [0.4, 0.5) is 0 Å². The summed E-state index contributed by atoms with van der Waals surface area (Å²) in [6.45, 7) is 0. The zero-order valence-electron chi connectivity index (χ0n) is 8.88. The number of hydrogen-bond donors (Lipinski definition) is 1. The van der Waals surface area contributed by atoms with Crippen molar-refractivity contribution in [2.45, 2.75) is 38.5 Å². The van der Waals surface area contributed by atoms with Crippen LogP contribution in [0.1, 0.15) is 37.7 Å². The summed E-state index contributed by atoms with van der Waals surface area (Å²) in [5.41, 5.74) is 1.32. The average Bonchev–Trinajstić information content (AvgIpc) is 2.25. The monoisotopic (exact) mass is 316 g/mol. The first-order chi connectivity index (χ1) is 7.25. The summed E-state index contributed by atoms with van der Waals surface area (Å²) in [7, 11) is 0. The van der Waals surface area contributed by atoms with Crippen molar-refractivity contribution < 1.29 is 5.11 Å². The van der Waals surface area contributed by atoms with E-state index in [9.17, 15) is 5.11 Å². The quantitative estimate of drug-likeness (QED) is 0.814. The van der Waals surface area contributed by atoms with Gasteiger partial charge >= 0.3 is 0 Å². The Morgan fingerprint density at radius 3 is 2.67 bits per heavy atom. The van der Waals surface area contributed by atoms with Crippen molar-refractivity contribution in [3.63, 3.8) is 0 Å².